The van der Waals surface area contributed by atoms with Gasteiger partial charge in [-0.3, -0.25) is 9.78 Å². The molecule has 0 aliphatic carbocycles. The number of aryl methyl sites for hydroxylation is 1. The summed E-state index contributed by atoms with van der Waals surface area (Å²) in [5.41, 5.74) is 0.825. The molecule has 0 unspecified atom stereocenters. The number of carbonyl (C=O) groups is 1. The van der Waals surface area contributed by atoms with Gasteiger partial charge in [0.25, 0.3) is 0 Å². The largest absolute Gasteiger partial charge is 0.465 e. The summed E-state index contributed by atoms with van der Waals surface area (Å²) in [7, 11) is 0. The highest BCUT2D eigenvalue weighted by molar-refractivity contribution is 5.91. The molecular weight excluding hydrogens is 368 g/mol. The van der Waals surface area contributed by atoms with Crippen LogP contribution in [-0.4, -0.2) is 37.3 Å². The monoisotopic (exact) mass is 390 g/mol. The lowest BCUT2D eigenvalue weighted by molar-refractivity contribution is -0.129. The topological polar surface area (TPSA) is 97.0 Å². The van der Waals surface area contributed by atoms with Gasteiger partial charge in [0, 0.05) is 36.8 Å². The maximum Gasteiger partial charge on any atom is 0.247 e. The van der Waals surface area contributed by atoms with Crippen molar-refractivity contribution in [2.45, 2.75) is 32.2 Å². The Kier molecular flexibility index (Phi) is 5.60. The summed E-state index contributed by atoms with van der Waals surface area (Å²) in [5, 5.41) is 3.16. The molecule has 1 amide bonds. The maximum absolute atomic E-state index is 12.8. The predicted octanol–water partition coefficient (Wildman–Crippen LogP) is 3.68. The number of hydrogen-bond donors (Lipinski definition) is 1. The number of hydrogen-bond acceptors (Lipinski definition) is 7. The number of nitrogens with zero attached hydrogens (tertiary/aromatic N) is 5. The van der Waals surface area contributed by atoms with E-state index in [0.717, 1.165) is 25.0 Å². The minimum absolute atomic E-state index is 0.0698. The van der Waals surface area contributed by atoms with Crippen LogP contribution in [0, 0.1) is 6.92 Å². The van der Waals surface area contributed by atoms with E-state index in [1.807, 2.05) is 24.0 Å². The van der Waals surface area contributed by atoms with Crippen LogP contribution >= 0.6 is 0 Å². The second kappa shape index (κ2) is 8.64. The predicted molar refractivity (Wildman–Crippen MR) is 108 cm³/mol. The summed E-state index contributed by atoms with van der Waals surface area (Å²) >= 11 is 0. The summed E-state index contributed by atoms with van der Waals surface area (Å²) in [6.45, 7) is 2.59. The van der Waals surface area contributed by atoms with Crippen LogP contribution in [0.5, 0.6) is 0 Å². The number of rotatable bonds is 5. The highest BCUT2D eigenvalue weighted by Gasteiger charge is 2.29. The first-order chi connectivity index (χ1) is 14.2. The molecule has 3 aromatic heterocycles. The van der Waals surface area contributed by atoms with E-state index in [9.17, 15) is 4.79 Å². The van der Waals surface area contributed by atoms with Crippen molar-refractivity contribution in [3.05, 3.63) is 66.4 Å². The van der Waals surface area contributed by atoms with Crippen molar-refractivity contribution in [1.29, 1.82) is 0 Å². The molecule has 29 heavy (non-hydrogen) atoms. The Morgan fingerprint density at radius 3 is 3.00 bits per heavy atom. The number of carbonyl (C=O) groups excluding carboxylic acids is 1. The van der Waals surface area contributed by atoms with Crippen molar-refractivity contribution < 1.29 is 9.21 Å². The van der Waals surface area contributed by atoms with Gasteiger partial charge in [-0.15, -0.1) is 0 Å². The average molecular weight is 390 g/mol. The number of nitrogens with one attached hydrogen (secondary N) is 1. The Hall–Kier alpha value is -3.55. The van der Waals surface area contributed by atoms with Crippen molar-refractivity contribution >= 4 is 23.6 Å². The van der Waals surface area contributed by atoms with Gasteiger partial charge in [0.15, 0.2) is 5.82 Å². The molecule has 148 valence electrons. The summed E-state index contributed by atoms with van der Waals surface area (Å²) in [4.78, 5) is 32.2. The standard InChI is InChI=1S/C21H22N6O2/c1-15-13-18(25-19-14-22-9-10-23-19)26-21(24-15)17-6-2-3-11-27(17)20(28)8-7-16-5-4-12-29-16/h4-5,7-10,12-14,17H,2-3,6,11H2,1H3,(H,23,24,25,26)/b8-7+/t17-/m1/s1. The van der Waals surface area contributed by atoms with Crippen LogP contribution in [-0.2, 0) is 4.79 Å². The van der Waals surface area contributed by atoms with Crippen molar-refractivity contribution in [2.75, 3.05) is 11.9 Å². The first-order valence-electron chi connectivity index (χ1n) is 9.60. The molecule has 8 heteroatoms. The van der Waals surface area contributed by atoms with Crippen LogP contribution in [0.2, 0.25) is 0 Å². The van der Waals surface area contributed by atoms with Crippen molar-refractivity contribution in [3.8, 4) is 0 Å². The normalized spacial score (nSPS) is 16.9. The van der Waals surface area contributed by atoms with E-state index in [-0.39, 0.29) is 11.9 Å². The van der Waals surface area contributed by atoms with Crippen LogP contribution in [0.25, 0.3) is 6.08 Å². The van der Waals surface area contributed by atoms with Crippen LogP contribution in [0.15, 0.2) is 53.5 Å². The highest BCUT2D eigenvalue weighted by atomic mass is 16.3. The van der Waals surface area contributed by atoms with E-state index in [1.54, 1.807) is 43.1 Å². The van der Waals surface area contributed by atoms with E-state index in [0.29, 0.717) is 29.8 Å². The molecule has 1 atom stereocenters. The molecule has 0 aromatic carbocycles. The van der Waals surface area contributed by atoms with Gasteiger partial charge in [-0.25, -0.2) is 15.0 Å². The molecule has 1 aliphatic rings. The van der Waals surface area contributed by atoms with Crippen molar-refractivity contribution in [2.24, 2.45) is 0 Å². The van der Waals surface area contributed by atoms with Crippen LogP contribution in [0.4, 0.5) is 11.6 Å². The molecule has 0 saturated carbocycles. The van der Waals surface area contributed by atoms with E-state index in [4.69, 9.17) is 4.42 Å². The molecular formula is C21H22N6O2. The Balaban J connectivity index is 1.57. The Bertz CT molecular complexity index is 988. The second-order valence-corrected chi connectivity index (χ2v) is 6.86. The third-order valence-corrected chi connectivity index (χ3v) is 4.71. The first kappa shape index (κ1) is 18.8. The number of furan rings is 1. The van der Waals surface area contributed by atoms with Crippen LogP contribution in [0.1, 0.15) is 42.6 Å². The second-order valence-electron chi connectivity index (χ2n) is 6.86. The minimum Gasteiger partial charge on any atom is -0.465 e. The molecule has 1 fully saturated rings. The fourth-order valence-corrected chi connectivity index (χ4v) is 3.40. The molecule has 1 N–H and O–H groups in total. The van der Waals surface area contributed by atoms with Gasteiger partial charge in [-0.1, -0.05) is 0 Å². The SMILES string of the molecule is Cc1cc(Nc2cnccn2)nc([C@H]2CCCCN2C(=O)/C=C/c2ccco2)n1. The quantitative estimate of drug-likeness (QED) is 0.664. The molecule has 1 saturated heterocycles. The highest BCUT2D eigenvalue weighted by Crippen LogP contribution is 2.30. The molecule has 8 nitrogen and oxygen atoms in total. The number of aromatic nitrogens is 4. The number of piperidine rings is 1. The van der Waals surface area contributed by atoms with Gasteiger partial charge in [0.2, 0.25) is 5.91 Å². The van der Waals surface area contributed by atoms with E-state index >= 15 is 0 Å². The van der Waals surface area contributed by atoms with Gasteiger partial charge in [0.1, 0.15) is 17.4 Å². The number of anilines is 2. The summed E-state index contributed by atoms with van der Waals surface area (Å²) in [6.07, 6.45) is 12.5. The lowest BCUT2D eigenvalue weighted by atomic mass is 10.0. The van der Waals surface area contributed by atoms with E-state index in [1.165, 1.54) is 0 Å². The first-order valence-corrected chi connectivity index (χ1v) is 9.60. The van der Waals surface area contributed by atoms with Gasteiger partial charge < -0.3 is 14.6 Å². The minimum atomic E-state index is -0.167. The zero-order valence-electron chi connectivity index (χ0n) is 16.2. The van der Waals surface area contributed by atoms with Gasteiger partial charge in [0.05, 0.1) is 18.5 Å². The van der Waals surface area contributed by atoms with Gasteiger partial charge in [-0.05, 0) is 44.4 Å². The van der Waals surface area contributed by atoms with Crippen molar-refractivity contribution in [1.82, 2.24) is 24.8 Å². The summed E-state index contributed by atoms with van der Waals surface area (Å²) < 4.78 is 5.27. The fraction of sp³-hybridized carbons (Fsp3) is 0.286. The summed E-state index contributed by atoms with van der Waals surface area (Å²) in [5.74, 6) is 2.45. The zero-order chi connectivity index (χ0) is 20.1. The molecule has 3 aromatic rings. The molecule has 1 aliphatic heterocycles. The van der Waals surface area contributed by atoms with Gasteiger partial charge >= 0.3 is 0 Å². The third kappa shape index (κ3) is 4.66. The smallest absolute Gasteiger partial charge is 0.247 e. The maximum atomic E-state index is 12.8. The van der Waals surface area contributed by atoms with E-state index in [2.05, 4.69) is 25.3 Å². The van der Waals surface area contributed by atoms with Crippen LogP contribution in [0.3, 0.4) is 0 Å². The fourth-order valence-electron chi connectivity index (χ4n) is 3.40. The Morgan fingerprint density at radius 2 is 2.21 bits per heavy atom. The number of likely N-dealkylation sites (tertiary alicyclic amines) is 1. The van der Waals surface area contributed by atoms with Gasteiger partial charge in [-0.2, -0.15) is 0 Å². The third-order valence-electron chi connectivity index (χ3n) is 4.71. The summed E-state index contributed by atoms with van der Waals surface area (Å²) in [6, 6.07) is 5.29. The Morgan fingerprint density at radius 1 is 1.28 bits per heavy atom. The van der Waals surface area contributed by atoms with Crippen LogP contribution < -0.4 is 5.32 Å². The molecule has 0 bridgehead atoms. The van der Waals surface area contributed by atoms with E-state index < -0.39 is 0 Å². The average Bonchev–Trinajstić information content (AvgIpc) is 3.26. The molecule has 4 rings (SSSR count). The van der Waals surface area contributed by atoms with Crippen molar-refractivity contribution in [3.63, 3.8) is 0 Å². The molecule has 0 spiro atoms. The zero-order valence-corrected chi connectivity index (χ0v) is 16.2. The number of amides is 1. The molecule has 4 heterocycles. The lowest BCUT2D eigenvalue weighted by Gasteiger charge is -2.34. The lowest BCUT2D eigenvalue weighted by Crippen LogP contribution is -2.38. The Labute approximate surface area is 168 Å². The molecule has 0 radical (unpaired) electrons.